The Labute approximate surface area is 142 Å². The first-order chi connectivity index (χ1) is 10.9. The van der Waals surface area contributed by atoms with Gasteiger partial charge in [-0.3, -0.25) is 0 Å². The van der Waals surface area contributed by atoms with Crippen LogP contribution in [0.5, 0.6) is 0 Å². The molecule has 0 aliphatic heterocycles. The molecule has 0 fully saturated rings. The van der Waals surface area contributed by atoms with Gasteiger partial charge in [-0.15, -0.1) is 0 Å². The average molecular weight is 353 g/mol. The van der Waals surface area contributed by atoms with Gasteiger partial charge in [-0.1, -0.05) is 42.8 Å². The number of benzene rings is 2. The maximum Gasteiger partial charge on any atom is 0.240 e. The molecule has 1 atom stereocenters. The second kappa shape index (κ2) is 7.93. The van der Waals surface area contributed by atoms with Crippen molar-refractivity contribution in [3.05, 3.63) is 64.7 Å². The van der Waals surface area contributed by atoms with Crippen molar-refractivity contribution >= 4 is 21.6 Å². The van der Waals surface area contributed by atoms with Crippen LogP contribution in [0.4, 0.5) is 0 Å². The van der Waals surface area contributed by atoms with E-state index in [0.717, 1.165) is 17.5 Å². The number of rotatable bonds is 7. The SMILES string of the molecule is CCC(N)c1ccc(CCNS(=O)(=O)c2ccc(Cl)cc2)cc1. The third-order valence-electron chi connectivity index (χ3n) is 3.68. The topological polar surface area (TPSA) is 72.2 Å². The molecule has 0 aromatic heterocycles. The summed E-state index contributed by atoms with van der Waals surface area (Å²) in [6.07, 6.45) is 1.51. The molecule has 2 rings (SSSR count). The Morgan fingerprint density at radius 2 is 1.70 bits per heavy atom. The number of hydrogen-bond donors (Lipinski definition) is 2. The molecule has 1 unspecified atom stereocenters. The van der Waals surface area contributed by atoms with Crippen molar-refractivity contribution in [2.75, 3.05) is 6.54 Å². The molecule has 0 aliphatic rings. The standard InChI is InChI=1S/C17H21ClN2O2S/c1-2-17(19)14-5-3-13(4-6-14)11-12-20-23(21,22)16-9-7-15(18)8-10-16/h3-10,17,20H,2,11-12,19H2,1H3. The van der Waals surface area contributed by atoms with E-state index in [-0.39, 0.29) is 10.9 Å². The summed E-state index contributed by atoms with van der Waals surface area (Å²) in [7, 11) is -3.50. The molecular weight excluding hydrogens is 332 g/mol. The van der Waals surface area contributed by atoms with Gasteiger partial charge in [0.15, 0.2) is 0 Å². The Kier molecular flexibility index (Phi) is 6.18. The van der Waals surface area contributed by atoms with Crippen LogP contribution in [-0.4, -0.2) is 15.0 Å². The van der Waals surface area contributed by atoms with E-state index >= 15 is 0 Å². The van der Waals surface area contributed by atoms with Gasteiger partial charge in [-0.25, -0.2) is 13.1 Å². The first-order valence-electron chi connectivity index (χ1n) is 7.52. The third kappa shape index (κ3) is 5.04. The number of nitrogens with one attached hydrogen (secondary N) is 1. The van der Waals surface area contributed by atoms with Gasteiger partial charge in [-0.2, -0.15) is 0 Å². The van der Waals surface area contributed by atoms with Crippen molar-refractivity contribution in [1.82, 2.24) is 4.72 Å². The van der Waals surface area contributed by atoms with E-state index in [9.17, 15) is 8.42 Å². The van der Waals surface area contributed by atoms with Crippen LogP contribution in [0.15, 0.2) is 53.4 Å². The minimum absolute atomic E-state index is 0.0486. The van der Waals surface area contributed by atoms with Crippen molar-refractivity contribution in [3.8, 4) is 0 Å². The number of nitrogens with two attached hydrogens (primary N) is 1. The van der Waals surface area contributed by atoms with E-state index in [2.05, 4.69) is 4.72 Å². The van der Waals surface area contributed by atoms with Crippen LogP contribution in [0.1, 0.15) is 30.5 Å². The third-order valence-corrected chi connectivity index (χ3v) is 5.41. The van der Waals surface area contributed by atoms with E-state index in [0.29, 0.717) is 18.0 Å². The number of sulfonamides is 1. The summed E-state index contributed by atoms with van der Waals surface area (Å²) in [4.78, 5) is 0.214. The Morgan fingerprint density at radius 1 is 1.09 bits per heavy atom. The predicted octanol–water partition coefficient (Wildman–Crippen LogP) is 3.27. The normalized spacial score (nSPS) is 13.0. The Bertz CT molecular complexity index is 728. The van der Waals surface area contributed by atoms with Crippen molar-refractivity contribution in [3.63, 3.8) is 0 Å². The van der Waals surface area contributed by atoms with Gasteiger partial charge in [0.25, 0.3) is 0 Å². The molecule has 6 heteroatoms. The second-order valence-corrected chi connectivity index (χ2v) is 7.56. The molecule has 0 amide bonds. The second-order valence-electron chi connectivity index (χ2n) is 5.36. The summed E-state index contributed by atoms with van der Waals surface area (Å²) in [6.45, 7) is 2.38. The number of halogens is 1. The van der Waals surface area contributed by atoms with Gasteiger partial charge in [-0.05, 0) is 48.2 Å². The van der Waals surface area contributed by atoms with Crippen LogP contribution >= 0.6 is 11.6 Å². The molecule has 0 saturated heterocycles. The molecule has 0 saturated carbocycles. The van der Waals surface area contributed by atoms with Crippen molar-refractivity contribution in [1.29, 1.82) is 0 Å². The highest BCUT2D eigenvalue weighted by Crippen LogP contribution is 2.15. The zero-order chi connectivity index (χ0) is 16.9. The van der Waals surface area contributed by atoms with Gasteiger partial charge in [0.1, 0.15) is 0 Å². The zero-order valence-electron chi connectivity index (χ0n) is 13.0. The molecule has 2 aromatic carbocycles. The average Bonchev–Trinajstić information content (AvgIpc) is 2.55. The van der Waals surface area contributed by atoms with E-state index in [1.165, 1.54) is 12.1 Å². The summed E-state index contributed by atoms with van der Waals surface area (Å²) in [5.41, 5.74) is 8.14. The maximum absolute atomic E-state index is 12.1. The van der Waals surface area contributed by atoms with Crippen LogP contribution in [0.2, 0.25) is 5.02 Å². The highest BCUT2D eigenvalue weighted by atomic mass is 35.5. The Hall–Kier alpha value is -1.40. The minimum atomic E-state index is -3.50. The summed E-state index contributed by atoms with van der Waals surface area (Å²) < 4.78 is 26.9. The van der Waals surface area contributed by atoms with E-state index in [4.69, 9.17) is 17.3 Å². The lowest BCUT2D eigenvalue weighted by Gasteiger charge is -2.10. The predicted molar refractivity (Wildman–Crippen MR) is 94.0 cm³/mol. The largest absolute Gasteiger partial charge is 0.324 e. The molecule has 0 spiro atoms. The first kappa shape index (κ1) is 17.9. The Balaban J connectivity index is 1.92. The van der Waals surface area contributed by atoms with E-state index in [1.807, 2.05) is 31.2 Å². The fourth-order valence-electron chi connectivity index (χ4n) is 2.19. The summed E-state index contributed by atoms with van der Waals surface area (Å²) >= 11 is 5.77. The lowest BCUT2D eigenvalue weighted by atomic mass is 10.0. The highest BCUT2D eigenvalue weighted by Gasteiger charge is 2.13. The van der Waals surface area contributed by atoms with Gasteiger partial charge < -0.3 is 5.73 Å². The quantitative estimate of drug-likeness (QED) is 0.803. The van der Waals surface area contributed by atoms with Crippen LogP contribution in [0.3, 0.4) is 0 Å². The maximum atomic E-state index is 12.1. The molecule has 0 radical (unpaired) electrons. The highest BCUT2D eigenvalue weighted by molar-refractivity contribution is 7.89. The summed E-state index contributed by atoms with van der Waals surface area (Å²) in [5, 5.41) is 0.509. The summed E-state index contributed by atoms with van der Waals surface area (Å²) in [5.74, 6) is 0. The van der Waals surface area contributed by atoms with Gasteiger partial charge in [0.2, 0.25) is 10.0 Å². The molecule has 3 N–H and O–H groups in total. The first-order valence-corrected chi connectivity index (χ1v) is 9.38. The summed E-state index contributed by atoms with van der Waals surface area (Å²) in [6, 6.07) is 14.1. The lowest BCUT2D eigenvalue weighted by molar-refractivity contribution is 0.581. The van der Waals surface area contributed by atoms with Gasteiger partial charge in [0, 0.05) is 17.6 Å². The smallest absolute Gasteiger partial charge is 0.240 e. The van der Waals surface area contributed by atoms with E-state index < -0.39 is 10.0 Å². The van der Waals surface area contributed by atoms with Gasteiger partial charge >= 0.3 is 0 Å². The fraction of sp³-hybridized carbons (Fsp3) is 0.294. The van der Waals surface area contributed by atoms with Crippen LogP contribution in [-0.2, 0) is 16.4 Å². The lowest BCUT2D eigenvalue weighted by Crippen LogP contribution is -2.26. The number of hydrogen-bond acceptors (Lipinski definition) is 3. The van der Waals surface area contributed by atoms with Crippen LogP contribution in [0.25, 0.3) is 0 Å². The molecule has 0 bridgehead atoms. The van der Waals surface area contributed by atoms with Crippen molar-refractivity contribution in [2.24, 2.45) is 5.73 Å². The molecule has 0 heterocycles. The molecule has 23 heavy (non-hydrogen) atoms. The Morgan fingerprint density at radius 3 is 2.26 bits per heavy atom. The monoisotopic (exact) mass is 352 g/mol. The van der Waals surface area contributed by atoms with E-state index in [1.54, 1.807) is 12.1 Å². The van der Waals surface area contributed by atoms with Crippen LogP contribution in [0, 0.1) is 0 Å². The zero-order valence-corrected chi connectivity index (χ0v) is 14.6. The minimum Gasteiger partial charge on any atom is -0.324 e. The molecule has 0 aliphatic carbocycles. The fourth-order valence-corrected chi connectivity index (χ4v) is 3.35. The van der Waals surface area contributed by atoms with Gasteiger partial charge in [0.05, 0.1) is 4.90 Å². The van der Waals surface area contributed by atoms with Crippen LogP contribution < -0.4 is 10.5 Å². The molecular formula is C17H21ClN2O2S. The van der Waals surface area contributed by atoms with Crippen molar-refractivity contribution < 1.29 is 8.42 Å². The van der Waals surface area contributed by atoms with Crippen molar-refractivity contribution in [2.45, 2.75) is 30.7 Å². The molecule has 124 valence electrons. The molecule has 2 aromatic rings. The molecule has 4 nitrogen and oxygen atoms in total.